The second-order valence-electron chi connectivity index (χ2n) is 9.34. The molecule has 11 heteroatoms. The molecule has 1 atom stereocenters. The maximum Gasteiger partial charge on any atom is 0.247 e. The van der Waals surface area contributed by atoms with Gasteiger partial charge in [-0.3, -0.25) is 9.59 Å². The van der Waals surface area contributed by atoms with Gasteiger partial charge in [-0.15, -0.1) is 5.10 Å². The molecule has 33 heavy (non-hydrogen) atoms. The van der Waals surface area contributed by atoms with E-state index in [2.05, 4.69) is 35.9 Å². The number of carbonyl (C=O) groups is 2. The Morgan fingerprint density at radius 2 is 2.12 bits per heavy atom. The van der Waals surface area contributed by atoms with Gasteiger partial charge in [0.1, 0.15) is 12.2 Å². The summed E-state index contributed by atoms with van der Waals surface area (Å²) in [5.41, 5.74) is 2.23. The van der Waals surface area contributed by atoms with Crippen LogP contribution in [0.25, 0.3) is 5.65 Å². The molecule has 1 spiro atoms. The van der Waals surface area contributed by atoms with Gasteiger partial charge in [-0.2, -0.15) is 4.98 Å². The number of ether oxygens (including phenoxy) is 1. The zero-order chi connectivity index (χ0) is 22.8. The van der Waals surface area contributed by atoms with E-state index in [4.69, 9.17) is 4.74 Å². The Morgan fingerprint density at radius 1 is 1.24 bits per heavy atom. The van der Waals surface area contributed by atoms with Crippen molar-refractivity contribution in [2.45, 2.75) is 31.3 Å². The average molecular weight is 448 g/mol. The second kappa shape index (κ2) is 6.88. The highest BCUT2D eigenvalue weighted by atomic mass is 16.5. The van der Waals surface area contributed by atoms with Crippen LogP contribution in [0.1, 0.15) is 25.8 Å². The summed E-state index contributed by atoms with van der Waals surface area (Å²) < 4.78 is 7.57. The summed E-state index contributed by atoms with van der Waals surface area (Å²) in [7, 11) is 0. The molecule has 2 fully saturated rings. The van der Waals surface area contributed by atoms with Crippen molar-refractivity contribution in [3.63, 3.8) is 0 Å². The van der Waals surface area contributed by atoms with Crippen LogP contribution in [0.5, 0.6) is 0 Å². The Hall–Kier alpha value is -3.73. The molecule has 1 unspecified atom stereocenters. The fraction of sp³-hybridized carbons (Fsp3) is 0.409. The highest BCUT2D eigenvalue weighted by molar-refractivity contribution is 6.06. The molecule has 6 rings (SSSR count). The Kier molecular flexibility index (Phi) is 4.15. The van der Waals surface area contributed by atoms with Crippen LogP contribution in [0, 0.1) is 0 Å². The Bertz CT molecular complexity index is 1290. The first-order chi connectivity index (χ1) is 15.8. The molecule has 2 aromatic heterocycles. The van der Waals surface area contributed by atoms with Gasteiger partial charge in [0, 0.05) is 36.9 Å². The number of aromatic nitrogens is 4. The average Bonchev–Trinajstić information content (AvgIpc) is 3.45. The van der Waals surface area contributed by atoms with Gasteiger partial charge in [0.15, 0.2) is 11.5 Å². The maximum absolute atomic E-state index is 12.2. The van der Waals surface area contributed by atoms with E-state index in [1.54, 1.807) is 16.9 Å². The standard InChI is InChI=1S/C22H24N8O3/c1-21(2)14-4-3-13(9-15(14)26-19(21)32)25-20-27-18-17(23-6-8-30(18)28-20)29-7-5-22(12-29)11-24-16(31)10-33-22/h3-4,6,8-9H,5,7,10-12H2,1-2H3,(H,24,31)(H,25,28)(H,26,32). The van der Waals surface area contributed by atoms with E-state index in [1.165, 1.54) is 0 Å². The van der Waals surface area contributed by atoms with Crippen LogP contribution in [0.3, 0.4) is 0 Å². The molecule has 0 saturated carbocycles. The van der Waals surface area contributed by atoms with Crippen molar-refractivity contribution in [3.8, 4) is 0 Å². The quantitative estimate of drug-likeness (QED) is 0.546. The Labute approximate surface area is 189 Å². The molecule has 0 bridgehead atoms. The lowest BCUT2D eigenvalue weighted by atomic mass is 9.86. The zero-order valence-electron chi connectivity index (χ0n) is 18.4. The maximum atomic E-state index is 12.2. The van der Waals surface area contributed by atoms with Gasteiger partial charge in [-0.05, 0) is 38.0 Å². The van der Waals surface area contributed by atoms with E-state index < -0.39 is 11.0 Å². The van der Waals surface area contributed by atoms with Crippen molar-refractivity contribution in [2.24, 2.45) is 0 Å². The first-order valence-electron chi connectivity index (χ1n) is 10.9. The van der Waals surface area contributed by atoms with Gasteiger partial charge in [0.05, 0.1) is 12.0 Å². The lowest BCUT2D eigenvalue weighted by molar-refractivity contribution is -0.141. The van der Waals surface area contributed by atoms with Gasteiger partial charge in [-0.25, -0.2) is 9.50 Å². The van der Waals surface area contributed by atoms with E-state index in [-0.39, 0.29) is 18.4 Å². The SMILES string of the molecule is CC1(C)C(=O)Nc2cc(Nc3nc4c(N5CCC6(CNC(=O)CO6)C5)nccn4n3)ccc21. The number of nitrogens with zero attached hydrogens (tertiary/aromatic N) is 5. The monoisotopic (exact) mass is 448 g/mol. The summed E-state index contributed by atoms with van der Waals surface area (Å²) in [6, 6.07) is 5.77. The third-order valence-corrected chi connectivity index (χ3v) is 6.73. The number of hydrogen-bond acceptors (Lipinski definition) is 8. The molecule has 3 aromatic rings. The molecule has 3 aliphatic heterocycles. The van der Waals surface area contributed by atoms with Crippen molar-refractivity contribution in [3.05, 3.63) is 36.2 Å². The number of benzene rings is 1. The number of fused-ring (bicyclic) bond motifs is 2. The van der Waals surface area contributed by atoms with Crippen molar-refractivity contribution in [1.82, 2.24) is 24.9 Å². The smallest absolute Gasteiger partial charge is 0.247 e. The van der Waals surface area contributed by atoms with Crippen molar-refractivity contribution < 1.29 is 14.3 Å². The van der Waals surface area contributed by atoms with Gasteiger partial charge in [-0.1, -0.05) is 6.07 Å². The summed E-state index contributed by atoms with van der Waals surface area (Å²) in [5, 5.41) is 13.6. The lowest BCUT2D eigenvalue weighted by Crippen LogP contribution is -2.53. The van der Waals surface area contributed by atoms with Gasteiger partial charge in [0.25, 0.3) is 0 Å². The van der Waals surface area contributed by atoms with Crippen LogP contribution < -0.4 is 20.9 Å². The highest BCUT2D eigenvalue weighted by Crippen LogP contribution is 2.39. The first-order valence-corrected chi connectivity index (χ1v) is 10.9. The number of hydrogen-bond donors (Lipinski definition) is 3. The van der Waals surface area contributed by atoms with E-state index in [1.807, 2.05) is 32.0 Å². The third kappa shape index (κ3) is 3.18. The molecule has 2 amide bonds. The summed E-state index contributed by atoms with van der Waals surface area (Å²) in [5.74, 6) is 1.06. The molecule has 0 aliphatic carbocycles. The minimum absolute atomic E-state index is 0.0129. The van der Waals surface area contributed by atoms with Crippen molar-refractivity contribution in [2.75, 3.05) is 41.8 Å². The van der Waals surface area contributed by atoms with Crippen LogP contribution in [-0.4, -0.2) is 63.2 Å². The van der Waals surface area contributed by atoms with Crippen LogP contribution >= 0.6 is 0 Å². The highest BCUT2D eigenvalue weighted by Gasteiger charge is 2.43. The molecule has 0 radical (unpaired) electrons. The van der Waals surface area contributed by atoms with E-state index in [9.17, 15) is 9.59 Å². The number of nitrogens with one attached hydrogen (secondary N) is 3. The summed E-state index contributed by atoms with van der Waals surface area (Å²) in [6.07, 6.45) is 4.25. The predicted molar refractivity (Wildman–Crippen MR) is 121 cm³/mol. The fourth-order valence-corrected chi connectivity index (χ4v) is 4.75. The lowest BCUT2D eigenvalue weighted by Gasteiger charge is -2.33. The Balaban J connectivity index is 1.26. The summed E-state index contributed by atoms with van der Waals surface area (Å²) >= 11 is 0. The first kappa shape index (κ1) is 19.9. The minimum Gasteiger partial charge on any atom is -0.361 e. The summed E-state index contributed by atoms with van der Waals surface area (Å²) in [6.45, 7) is 5.77. The molecular weight excluding hydrogens is 424 g/mol. The van der Waals surface area contributed by atoms with Crippen molar-refractivity contribution in [1.29, 1.82) is 0 Å². The topological polar surface area (TPSA) is 126 Å². The number of rotatable bonds is 3. The second-order valence-corrected chi connectivity index (χ2v) is 9.34. The molecule has 11 nitrogen and oxygen atoms in total. The minimum atomic E-state index is -0.548. The predicted octanol–water partition coefficient (Wildman–Crippen LogP) is 1.19. The van der Waals surface area contributed by atoms with Crippen molar-refractivity contribution >= 4 is 40.6 Å². The number of anilines is 4. The largest absolute Gasteiger partial charge is 0.361 e. The molecule has 3 aliphatic rings. The zero-order valence-corrected chi connectivity index (χ0v) is 18.4. The van der Waals surface area contributed by atoms with Crippen LogP contribution in [0.2, 0.25) is 0 Å². The number of carbonyl (C=O) groups excluding carboxylic acids is 2. The van der Waals surface area contributed by atoms with Gasteiger partial charge < -0.3 is 25.6 Å². The third-order valence-electron chi connectivity index (χ3n) is 6.73. The summed E-state index contributed by atoms with van der Waals surface area (Å²) in [4.78, 5) is 35.1. The van der Waals surface area contributed by atoms with Crippen LogP contribution in [0.15, 0.2) is 30.6 Å². The van der Waals surface area contributed by atoms with Gasteiger partial charge in [0.2, 0.25) is 17.8 Å². The molecule has 5 heterocycles. The van der Waals surface area contributed by atoms with E-state index >= 15 is 0 Å². The Morgan fingerprint density at radius 3 is 2.94 bits per heavy atom. The van der Waals surface area contributed by atoms with Gasteiger partial charge >= 0.3 is 0 Å². The number of morpholine rings is 1. The molecular formula is C22H24N8O3. The number of amides is 2. The van der Waals surface area contributed by atoms with E-state index in [0.29, 0.717) is 24.7 Å². The van der Waals surface area contributed by atoms with Crippen LogP contribution in [0.4, 0.5) is 23.1 Å². The molecule has 2 saturated heterocycles. The van der Waals surface area contributed by atoms with Crippen LogP contribution in [-0.2, 0) is 19.7 Å². The van der Waals surface area contributed by atoms with E-state index in [0.717, 1.165) is 35.7 Å². The molecule has 3 N–H and O–H groups in total. The fourth-order valence-electron chi connectivity index (χ4n) is 4.75. The molecule has 170 valence electrons. The normalized spacial score (nSPS) is 23.6. The molecule has 1 aromatic carbocycles.